The van der Waals surface area contributed by atoms with Crippen molar-refractivity contribution >= 4 is 111 Å². The number of furan rings is 3. The Balaban J connectivity index is 0.966. The molecular weight excluding hydrogens is 989 g/mol. The van der Waals surface area contributed by atoms with E-state index in [9.17, 15) is 0 Å². The number of hydrogen-bond acceptors (Lipinski definition) is 5. The van der Waals surface area contributed by atoms with Crippen molar-refractivity contribution in [3.8, 4) is 44.5 Å². The van der Waals surface area contributed by atoms with Gasteiger partial charge in [-0.15, -0.1) is 0 Å². The smallest absolute Gasteiger partial charge is 0.159 e. The van der Waals surface area contributed by atoms with Crippen LogP contribution in [0.1, 0.15) is 0 Å². The van der Waals surface area contributed by atoms with Crippen molar-refractivity contribution in [2.24, 2.45) is 0 Å². The van der Waals surface area contributed by atoms with Crippen molar-refractivity contribution in [3.63, 3.8) is 0 Å². The van der Waals surface area contributed by atoms with Gasteiger partial charge < -0.3 is 23.1 Å². The summed E-state index contributed by atoms with van der Waals surface area (Å²) in [6.07, 6.45) is 0. The van der Waals surface area contributed by atoms with Crippen molar-refractivity contribution in [2.45, 2.75) is 0 Å². The molecule has 0 saturated heterocycles. The quantitative estimate of drug-likeness (QED) is 0.137. The van der Waals surface area contributed by atoms with E-state index < -0.39 is 0 Å². The Morgan fingerprint density at radius 1 is 0.210 bits per heavy atom. The maximum Gasteiger partial charge on any atom is 0.159 e. The number of hydrogen-bond donors (Lipinski definition) is 0. The molecule has 0 saturated carbocycles. The van der Waals surface area contributed by atoms with Gasteiger partial charge in [-0.25, -0.2) is 0 Å². The standard InChI is InChI=1S/C76H48N2O3/c1-5-21-49(22-6-1)53-39-42-56(51-25-9-3-10-26-51)67(45-53)77(65-35-19-33-62-59-30-15-17-37-70(59)80-75(62)65)55-41-44-64-72(47-55)79-73-48-69(58-29-13-14-32-61(58)74(64)73)78(66-36-20-34-63-60-31-16-18-38-71(60)81-76(63)66)68-46-54(50-23-7-2-8-24-50)40-43-57(68)52-27-11-4-12-28-52/h1-48H. The van der Waals surface area contributed by atoms with Gasteiger partial charge in [0.05, 0.1) is 34.1 Å². The van der Waals surface area contributed by atoms with Gasteiger partial charge in [0.15, 0.2) is 11.2 Å². The summed E-state index contributed by atoms with van der Waals surface area (Å²) < 4.78 is 21.2. The molecule has 0 amide bonds. The number of anilines is 6. The van der Waals surface area contributed by atoms with Crippen molar-refractivity contribution < 1.29 is 13.3 Å². The second-order valence-electron chi connectivity index (χ2n) is 20.7. The van der Waals surface area contributed by atoms with Gasteiger partial charge in [0, 0.05) is 61.0 Å². The van der Waals surface area contributed by atoms with Crippen LogP contribution in [-0.2, 0) is 0 Å². The summed E-state index contributed by atoms with van der Waals surface area (Å²) in [6.45, 7) is 0. The van der Waals surface area contributed by atoms with Gasteiger partial charge in [-0.3, -0.25) is 0 Å². The Labute approximate surface area is 467 Å². The second kappa shape index (κ2) is 18.9. The maximum atomic E-state index is 7.37. The average Bonchev–Trinajstić information content (AvgIpc) is 4.47. The van der Waals surface area contributed by atoms with Crippen LogP contribution in [-0.4, -0.2) is 0 Å². The van der Waals surface area contributed by atoms with E-state index in [1.807, 2.05) is 12.1 Å². The molecule has 0 unspecified atom stereocenters. The summed E-state index contributed by atoms with van der Waals surface area (Å²) in [5.41, 5.74) is 19.3. The van der Waals surface area contributed by atoms with Gasteiger partial charge in [0.2, 0.25) is 0 Å². The zero-order valence-electron chi connectivity index (χ0n) is 43.8. The van der Waals surface area contributed by atoms with Crippen LogP contribution in [0, 0.1) is 0 Å². The van der Waals surface area contributed by atoms with E-state index in [2.05, 4.69) is 289 Å². The first-order valence-electron chi connectivity index (χ1n) is 27.5. The van der Waals surface area contributed by atoms with E-state index in [4.69, 9.17) is 13.3 Å². The fraction of sp³-hybridized carbons (Fsp3) is 0. The number of para-hydroxylation sites is 4. The van der Waals surface area contributed by atoms with Gasteiger partial charge in [0.1, 0.15) is 22.3 Å². The van der Waals surface area contributed by atoms with Gasteiger partial charge in [0.25, 0.3) is 0 Å². The first-order chi connectivity index (χ1) is 40.2. The summed E-state index contributed by atoms with van der Waals surface area (Å²) in [4.78, 5) is 4.76. The van der Waals surface area contributed by atoms with Crippen LogP contribution >= 0.6 is 0 Å². The topological polar surface area (TPSA) is 45.9 Å². The summed E-state index contributed by atoms with van der Waals surface area (Å²) in [7, 11) is 0. The third kappa shape index (κ3) is 7.70. The molecule has 3 heterocycles. The van der Waals surface area contributed by atoms with E-state index in [0.717, 1.165) is 155 Å². The lowest BCUT2D eigenvalue weighted by molar-refractivity contribution is 0.667. The highest BCUT2D eigenvalue weighted by atomic mass is 16.3. The molecule has 3 aromatic heterocycles. The van der Waals surface area contributed by atoms with Crippen molar-refractivity contribution in [2.75, 3.05) is 9.80 Å². The molecule has 0 aliphatic rings. The highest BCUT2D eigenvalue weighted by Crippen LogP contribution is 2.52. The summed E-state index contributed by atoms with van der Waals surface area (Å²) >= 11 is 0. The third-order valence-electron chi connectivity index (χ3n) is 16.1. The molecule has 380 valence electrons. The molecule has 0 fully saturated rings. The summed E-state index contributed by atoms with van der Waals surface area (Å²) in [6, 6.07) is 103. The molecule has 0 radical (unpaired) electrons. The van der Waals surface area contributed by atoms with E-state index >= 15 is 0 Å². The van der Waals surface area contributed by atoms with Crippen LogP contribution < -0.4 is 9.80 Å². The van der Waals surface area contributed by atoms with Crippen LogP contribution in [0.5, 0.6) is 0 Å². The van der Waals surface area contributed by atoms with Gasteiger partial charge in [-0.1, -0.05) is 231 Å². The van der Waals surface area contributed by atoms with Crippen molar-refractivity contribution in [1.82, 2.24) is 0 Å². The number of benzene rings is 13. The van der Waals surface area contributed by atoms with Crippen LogP contribution in [0.2, 0.25) is 0 Å². The number of rotatable bonds is 10. The second-order valence-corrected chi connectivity index (χ2v) is 20.7. The predicted octanol–water partition coefficient (Wildman–Crippen LogP) is 22.1. The minimum atomic E-state index is 0.758. The van der Waals surface area contributed by atoms with E-state index in [-0.39, 0.29) is 0 Å². The molecule has 5 heteroatoms. The zero-order valence-corrected chi connectivity index (χ0v) is 43.8. The van der Waals surface area contributed by atoms with Crippen LogP contribution in [0.15, 0.2) is 304 Å². The normalized spacial score (nSPS) is 11.7. The molecule has 5 nitrogen and oxygen atoms in total. The van der Waals surface area contributed by atoms with Crippen LogP contribution in [0.3, 0.4) is 0 Å². The Hall–Kier alpha value is -10.9. The summed E-state index contributed by atoms with van der Waals surface area (Å²) in [5.74, 6) is 0. The van der Waals surface area contributed by atoms with Gasteiger partial charge in [-0.2, -0.15) is 0 Å². The molecule has 16 rings (SSSR count). The molecule has 0 aliphatic carbocycles. The molecular formula is C76H48N2O3. The summed E-state index contributed by atoms with van der Waals surface area (Å²) in [5, 5.41) is 8.43. The molecule has 0 atom stereocenters. The average molecular weight is 1040 g/mol. The van der Waals surface area contributed by atoms with E-state index in [0.29, 0.717) is 0 Å². The molecule has 81 heavy (non-hydrogen) atoms. The first kappa shape index (κ1) is 46.2. The SMILES string of the molecule is c1ccc(-c2ccc(-c3ccccc3)c(N(c3ccc4c(c3)oc3cc(N(c5cc(-c6ccccc6)ccc5-c5ccccc5)c5cccc6c5oc5ccccc56)c5ccccc5c34)c3cccc4c3oc3ccccc34)c2)cc1. The Morgan fingerprint density at radius 2 is 0.654 bits per heavy atom. The van der Waals surface area contributed by atoms with Crippen LogP contribution in [0.4, 0.5) is 34.1 Å². The monoisotopic (exact) mass is 1040 g/mol. The van der Waals surface area contributed by atoms with E-state index in [1.165, 1.54) is 0 Å². The Kier molecular flexibility index (Phi) is 10.8. The molecule has 0 aliphatic heterocycles. The lowest BCUT2D eigenvalue weighted by Gasteiger charge is -2.29. The fourth-order valence-corrected chi connectivity index (χ4v) is 12.3. The lowest BCUT2D eigenvalue weighted by Crippen LogP contribution is -2.12. The van der Waals surface area contributed by atoms with Crippen molar-refractivity contribution in [3.05, 3.63) is 291 Å². The Bertz CT molecular complexity index is 5060. The number of nitrogens with zero attached hydrogens (tertiary/aromatic N) is 2. The van der Waals surface area contributed by atoms with E-state index in [1.54, 1.807) is 0 Å². The zero-order chi connectivity index (χ0) is 53.4. The first-order valence-corrected chi connectivity index (χ1v) is 27.5. The highest BCUT2D eigenvalue weighted by Gasteiger charge is 2.28. The van der Waals surface area contributed by atoms with Gasteiger partial charge >= 0.3 is 0 Å². The molecule has 16 aromatic rings. The molecule has 0 bridgehead atoms. The molecule has 0 spiro atoms. The minimum Gasteiger partial charge on any atom is -0.456 e. The predicted molar refractivity (Wildman–Crippen MR) is 337 cm³/mol. The molecule has 13 aromatic carbocycles. The van der Waals surface area contributed by atoms with Gasteiger partial charge in [-0.05, 0) is 87.3 Å². The largest absolute Gasteiger partial charge is 0.456 e. The highest BCUT2D eigenvalue weighted by molar-refractivity contribution is 6.24. The fourth-order valence-electron chi connectivity index (χ4n) is 12.3. The Morgan fingerprint density at radius 3 is 1.20 bits per heavy atom. The number of fused-ring (bicyclic) bond motifs is 11. The van der Waals surface area contributed by atoms with Crippen LogP contribution in [0.25, 0.3) is 121 Å². The molecule has 0 N–H and O–H groups in total. The maximum absolute atomic E-state index is 7.37. The lowest BCUT2D eigenvalue weighted by atomic mass is 9.95. The third-order valence-corrected chi connectivity index (χ3v) is 16.1. The minimum absolute atomic E-state index is 0.758. The van der Waals surface area contributed by atoms with Crippen molar-refractivity contribution in [1.29, 1.82) is 0 Å².